The molecular formula is C20H22N4O2S. The van der Waals surface area contributed by atoms with Crippen LogP contribution < -0.4 is 5.32 Å². The monoisotopic (exact) mass is 382 g/mol. The number of nitrogens with zero attached hydrogens (tertiary/aromatic N) is 3. The summed E-state index contributed by atoms with van der Waals surface area (Å²) >= 11 is 1.58. The first-order valence-electron chi connectivity index (χ1n) is 8.94. The molecule has 6 nitrogen and oxygen atoms in total. The lowest BCUT2D eigenvalue weighted by Gasteiger charge is -2.36. The number of hydrogen-bond donors (Lipinski definition) is 1. The van der Waals surface area contributed by atoms with Crippen molar-refractivity contribution in [3.63, 3.8) is 0 Å². The molecule has 27 heavy (non-hydrogen) atoms. The lowest BCUT2D eigenvalue weighted by atomic mass is 9.87. The highest BCUT2D eigenvalue weighted by molar-refractivity contribution is 7.13. The predicted molar refractivity (Wildman–Crippen MR) is 106 cm³/mol. The zero-order valence-electron chi connectivity index (χ0n) is 15.6. The minimum Gasteiger partial charge on any atom is -0.339 e. The largest absolute Gasteiger partial charge is 0.339 e. The van der Waals surface area contributed by atoms with Gasteiger partial charge in [0.25, 0.3) is 0 Å². The second-order valence-corrected chi connectivity index (χ2v) is 8.74. The van der Waals surface area contributed by atoms with Gasteiger partial charge in [0.15, 0.2) is 0 Å². The standard InChI is InChI=1S/C20H22N4O2S/c1-20(2,3)14-6-8-15(9-7-14)21-19(25)24-11-13(12-24)18-22-17(23-26-18)16-5-4-10-27-16/h4-10,13H,11-12H2,1-3H3,(H,21,25). The molecule has 1 aliphatic rings. The molecule has 0 unspecified atom stereocenters. The van der Waals surface area contributed by atoms with Crippen molar-refractivity contribution in [2.45, 2.75) is 32.1 Å². The van der Waals surface area contributed by atoms with Crippen LogP contribution in [-0.2, 0) is 5.41 Å². The van der Waals surface area contributed by atoms with Crippen LogP contribution in [0.4, 0.5) is 10.5 Å². The smallest absolute Gasteiger partial charge is 0.321 e. The molecule has 140 valence electrons. The SMILES string of the molecule is CC(C)(C)c1ccc(NC(=O)N2CC(c3nc(-c4cccs4)no3)C2)cc1. The third-order valence-electron chi connectivity index (χ3n) is 4.70. The molecule has 4 rings (SSSR count). The van der Waals surface area contributed by atoms with E-state index in [1.54, 1.807) is 16.2 Å². The van der Waals surface area contributed by atoms with Crippen LogP contribution in [0.2, 0.25) is 0 Å². The molecule has 1 aromatic carbocycles. The van der Waals surface area contributed by atoms with Gasteiger partial charge in [-0.25, -0.2) is 4.79 Å². The number of hydrogen-bond acceptors (Lipinski definition) is 5. The lowest BCUT2D eigenvalue weighted by Crippen LogP contribution is -2.50. The second-order valence-electron chi connectivity index (χ2n) is 7.79. The summed E-state index contributed by atoms with van der Waals surface area (Å²) in [6, 6.07) is 11.8. The van der Waals surface area contributed by atoms with Crippen LogP contribution >= 0.6 is 11.3 Å². The molecule has 0 radical (unpaired) electrons. The van der Waals surface area contributed by atoms with E-state index in [1.165, 1.54) is 5.56 Å². The van der Waals surface area contributed by atoms with E-state index >= 15 is 0 Å². The van der Waals surface area contributed by atoms with E-state index in [0.717, 1.165) is 10.6 Å². The van der Waals surface area contributed by atoms with Crippen LogP contribution in [0.1, 0.15) is 38.1 Å². The maximum atomic E-state index is 12.4. The molecule has 1 aliphatic heterocycles. The number of thiophene rings is 1. The van der Waals surface area contributed by atoms with Crippen LogP contribution in [0.5, 0.6) is 0 Å². The molecule has 0 atom stereocenters. The Balaban J connectivity index is 1.32. The molecule has 2 aromatic heterocycles. The van der Waals surface area contributed by atoms with Gasteiger partial charge in [-0.05, 0) is 34.6 Å². The average Bonchev–Trinajstić information content (AvgIpc) is 3.24. The van der Waals surface area contributed by atoms with E-state index in [0.29, 0.717) is 24.8 Å². The quantitative estimate of drug-likeness (QED) is 0.711. The van der Waals surface area contributed by atoms with Crippen molar-refractivity contribution in [2.75, 3.05) is 18.4 Å². The van der Waals surface area contributed by atoms with Crippen LogP contribution in [0.15, 0.2) is 46.3 Å². The molecular weight excluding hydrogens is 360 g/mol. The van der Waals surface area contributed by atoms with Gasteiger partial charge in [-0.15, -0.1) is 11.3 Å². The van der Waals surface area contributed by atoms with E-state index in [1.807, 2.05) is 29.6 Å². The number of anilines is 1. The van der Waals surface area contributed by atoms with Gasteiger partial charge < -0.3 is 14.7 Å². The minimum atomic E-state index is -0.104. The number of nitrogens with one attached hydrogen (secondary N) is 1. The van der Waals surface area contributed by atoms with Gasteiger partial charge in [0.1, 0.15) is 0 Å². The van der Waals surface area contributed by atoms with E-state index in [4.69, 9.17) is 4.52 Å². The molecule has 0 saturated carbocycles. The van der Waals surface area contributed by atoms with Crippen molar-refractivity contribution < 1.29 is 9.32 Å². The molecule has 3 aromatic rings. The summed E-state index contributed by atoms with van der Waals surface area (Å²) in [6.07, 6.45) is 0. The van der Waals surface area contributed by atoms with Crippen molar-refractivity contribution in [3.8, 4) is 10.7 Å². The predicted octanol–water partition coefficient (Wildman–Crippen LogP) is 4.73. The molecule has 1 N–H and O–H groups in total. The Kier molecular flexibility index (Phi) is 4.47. The van der Waals surface area contributed by atoms with Gasteiger partial charge in [-0.1, -0.05) is 44.1 Å². The Morgan fingerprint density at radius 3 is 2.59 bits per heavy atom. The molecule has 0 bridgehead atoms. The van der Waals surface area contributed by atoms with Gasteiger partial charge in [0, 0.05) is 18.8 Å². The van der Waals surface area contributed by atoms with Crippen molar-refractivity contribution in [1.29, 1.82) is 0 Å². The first kappa shape index (κ1) is 17.7. The Hall–Kier alpha value is -2.67. The van der Waals surface area contributed by atoms with Crippen molar-refractivity contribution in [1.82, 2.24) is 15.0 Å². The topological polar surface area (TPSA) is 71.3 Å². The van der Waals surface area contributed by atoms with Crippen LogP contribution in [-0.4, -0.2) is 34.2 Å². The van der Waals surface area contributed by atoms with E-state index in [2.05, 4.69) is 48.4 Å². The number of urea groups is 1. The number of carbonyl (C=O) groups is 1. The summed E-state index contributed by atoms with van der Waals surface area (Å²) in [5, 5.41) is 8.96. The molecule has 0 aliphatic carbocycles. The maximum absolute atomic E-state index is 12.4. The maximum Gasteiger partial charge on any atom is 0.321 e. The molecule has 2 amide bonds. The molecule has 3 heterocycles. The fourth-order valence-corrected chi connectivity index (χ4v) is 3.61. The van der Waals surface area contributed by atoms with Crippen molar-refractivity contribution in [2.24, 2.45) is 0 Å². The van der Waals surface area contributed by atoms with Gasteiger partial charge in [-0.3, -0.25) is 0 Å². The summed E-state index contributed by atoms with van der Waals surface area (Å²) in [6.45, 7) is 7.67. The molecule has 1 fully saturated rings. The summed E-state index contributed by atoms with van der Waals surface area (Å²) in [5.41, 5.74) is 2.14. The Labute approximate surface area is 162 Å². The number of likely N-dealkylation sites (tertiary alicyclic amines) is 1. The van der Waals surface area contributed by atoms with E-state index in [-0.39, 0.29) is 17.4 Å². The normalized spacial score (nSPS) is 14.9. The van der Waals surface area contributed by atoms with Gasteiger partial charge in [0.2, 0.25) is 11.7 Å². The van der Waals surface area contributed by atoms with Gasteiger partial charge in [0.05, 0.1) is 10.8 Å². The van der Waals surface area contributed by atoms with Crippen LogP contribution in [0.25, 0.3) is 10.7 Å². The summed E-state index contributed by atoms with van der Waals surface area (Å²) in [4.78, 5) is 19.6. The van der Waals surface area contributed by atoms with Crippen LogP contribution in [0.3, 0.4) is 0 Å². The number of carbonyl (C=O) groups excluding carboxylic acids is 1. The summed E-state index contributed by atoms with van der Waals surface area (Å²) in [7, 11) is 0. The Morgan fingerprint density at radius 2 is 1.96 bits per heavy atom. The Bertz CT molecular complexity index is 920. The Morgan fingerprint density at radius 1 is 1.22 bits per heavy atom. The third kappa shape index (κ3) is 3.73. The van der Waals surface area contributed by atoms with E-state index in [9.17, 15) is 4.79 Å². The lowest BCUT2D eigenvalue weighted by molar-refractivity contribution is 0.147. The highest BCUT2D eigenvalue weighted by Crippen LogP contribution is 2.29. The summed E-state index contributed by atoms with van der Waals surface area (Å²) in [5.74, 6) is 1.30. The highest BCUT2D eigenvalue weighted by Gasteiger charge is 2.35. The highest BCUT2D eigenvalue weighted by atomic mass is 32.1. The zero-order chi connectivity index (χ0) is 19.0. The number of rotatable bonds is 3. The van der Waals surface area contributed by atoms with Crippen molar-refractivity contribution in [3.05, 3.63) is 53.2 Å². The fraction of sp³-hybridized carbons (Fsp3) is 0.350. The zero-order valence-corrected chi connectivity index (χ0v) is 16.4. The average molecular weight is 382 g/mol. The molecule has 7 heteroatoms. The number of benzene rings is 1. The van der Waals surface area contributed by atoms with Gasteiger partial charge in [-0.2, -0.15) is 4.98 Å². The molecule has 0 spiro atoms. The second kappa shape index (κ2) is 6.81. The van der Waals surface area contributed by atoms with Crippen molar-refractivity contribution >= 4 is 23.1 Å². The summed E-state index contributed by atoms with van der Waals surface area (Å²) < 4.78 is 5.37. The number of aromatic nitrogens is 2. The van der Waals surface area contributed by atoms with E-state index < -0.39 is 0 Å². The van der Waals surface area contributed by atoms with Gasteiger partial charge >= 0.3 is 6.03 Å². The molecule has 1 saturated heterocycles. The fourth-order valence-electron chi connectivity index (χ4n) is 2.96. The minimum absolute atomic E-state index is 0.0965. The first-order valence-corrected chi connectivity index (χ1v) is 9.82. The van der Waals surface area contributed by atoms with Crippen LogP contribution in [0, 0.1) is 0 Å². The first-order chi connectivity index (χ1) is 12.9. The number of amides is 2. The third-order valence-corrected chi connectivity index (χ3v) is 5.57.